The monoisotopic (exact) mass is 330 g/mol. The molecule has 0 radical (unpaired) electrons. The van der Waals surface area contributed by atoms with Crippen LogP contribution in [0.5, 0.6) is 0 Å². The van der Waals surface area contributed by atoms with Gasteiger partial charge in [0.15, 0.2) is 0 Å². The first kappa shape index (κ1) is 17.3. The van der Waals surface area contributed by atoms with Crippen molar-refractivity contribution in [1.82, 2.24) is 0 Å². The lowest BCUT2D eigenvalue weighted by Crippen LogP contribution is -2.03. The lowest BCUT2D eigenvalue weighted by molar-refractivity contribution is -0.137. The summed E-state index contributed by atoms with van der Waals surface area (Å²) in [6.45, 7) is 4.19. The van der Waals surface area contributed by atoms with Gasteiger partial charge in [-0.05, 0) is 48.8 Å². The third kappa shape index (κ3) is 3.63. The fourth-order valence-electron chi connectivity index (χ4n) is 2.82. The van der Waals surface area contributed by atoms with E-state index in [1.807, 2.05) is 6.92 Å². The van der Waals surface area contributed by atoms with Crippen LogP contribution in [0.15, 0.2) is 18.2 Å². The van der Waals surface area contributed by atoms with Crippen molar-refractivity contribution in [3.8, 4) is 0 Å². The number of hydrogen-bond acceptors (Lipinski definition) is 2. The van der Waals surface area contributed by atoms with Crippen LogP contribution < -0.4 is 0 Å². The van der Waals surface area contributed by atoms with E-state index in [9.17, 15) is 18.3 Å². The van der Waals surface area contributed by atoms with Crippen LogP contribution in [0.3, 0.4) is 0 Å². The van der Waals surface area contributed by atoms with Crippen molar-refractivity contribution < 1.29 is 18.3 Å². The Morgan fingerprint density at radius 3 is 2.55 bits per heavy atom. The summed E-state index contributed by atoms with van der Waals surface area (Å²) < 4.78 is 39.2. The number of halogens is 3. The maximum Gasteiger partial charge on any atom is 0.416 e. The molecule has 0 aliphatic rings. The van der Waals surface area contributed by atoms with Gasteiger partial charge in [-0.3, -0.25) is 0 Å². The fourth-order valence-corrected chi connectivity index (χ4v) is 4.24. The number of rotatable bonds is 6. The zero-order chi connectivity index (χ0) is 16.3. The Morgan fingerprint density at radius 2 is 1.95 bits per heavy atom. The Bertz CT molecular complexity index is 631. The number of benzene rings is 1. The highest BCUT2D eigenvalue weighted by atomic mass is 32.1. The number of aliphatic hydroxyl groups is 1. The largest absolute Gasteiger partial charge is 0.416 e. The van der Waals surface area contributed by atoms with Gasteiger partial charge >= 0.3 is 6.18 Å². The molecular formula is C17H21F3OS. The van der Waals surface area contributed by atoms with Gasteiger partial charge in [0.1, 0.15) is 0 Å². The molecule has 1 aromatic carbocycles. The molecule has 0 saturated carbocycles. The van der Waals surface area contributed by atoms with Crippen LogP contribution in [0, 0.1) is 6.92 Å². The molecule has 0 aliphatic heterocycles. The first-order chi connectivity index (χ1) is 10.4. The Hall–Kier alpha value is -1.07. The van der Waals surface area contributed by atoms with E-state index in [1.165, 1.54) is 17.4 Å². The summed E-state index contributed by atoms with van der Waals surface area (Å²) in [5.74, 6) is 0.233. The summed E-state index contributed by atoms with van der Waals surface area (Å²) in [5.41, 5.74) is 0.461. The zero-order valence-electron chi connectivity index (χ0n) is 12.8. The molecule has 0 bridgehead atoms. The van der Waals surface area contributed by atoms with E-state index in [4.69, 9.17) is 0 Å². The standard InChI is InChI=1S/C17H21F3OS/c1-3-4-5-12(8-9-21)16-11(2)14-7-6-13(17(18,19)20)10-15(14)22-16/h6-7,10,12,21H,3-5,8-9H2,1-2H3/t12-/m1/s1. The van der Waals surface area contributed by atoms with E-state index in [0.717, 1.165) is 41.2 Å². The average Bonchev–Trinajstić information content (AvgIpc) is 2.79. The number of fused-ring (bicyclic) bond motifs is 1. The lowest BCUT2D eigenvalue weighted by Gasteiger charge is -2.14. The summed E-state index contributed by atoms with van der Waals surface area (Å²) in [7, 11) is 0. The SMILES string of the molecule is CCCC[C@H](CCO)c1sc2cc(C(F)(F)F)ccc2c1C. The van der Waals surface area contributed by atoms with Crippen molar-refractivity contribution in [3.63, 3.8) is 0 Å². The Labute approximate surface area is 132 Å². The fraction of sp³-hybridized carbons (Fsp3) is 0.529. The van der Waals surface area contributed by atoms with Crippen molar-refractivity contribution in [2.75, 3.05) is 6.61 Å². The first-order valence-corrected chi connectivity index (χ1v) is 8.41. The van der Waals surface area contributed by atoms with Crippen molar-refractivity contribution in [2.45, 2.75) is 51.6 Å². The topological polar surface area (TPSA) is 20.2 Å². The normalized spacial score (nSPS) is 13.7. The number of aliphatic hydroxyl groups excluding tert-OH is 1. The van der Waals surface area contributed by atoms with Gasteiger partial charge in [-0.25, -0.2) is 0 Å². The highest BCUT2D eigenvalue weighted by molar-refractivity contribution is 7.19. The predicted molar refractivity (Wildman–Crippen MR) is 85.5 cm³/mol. The lowest BCUT2D eigenvalue weighted by atomic mass is 9.94. The van der Waals surface area contributed by atoms with Crippen molar-refractivity contribution in [2.24, 2.45) is 0 Å². The van der Waals surface area contributed by atoms with Crippen LogP contribution >= 0.6 is 11.3 Å². The molecule has 0 fully saturated rings. The molecule has 1 aromatic heterocycles. The molecule has 0 aliphatic carbocycles. The summed E-state index contributed by atoms with van der Waals surface area (Å²) in [5, 5.41) is 10.2. The van der Waals surface area contributed by atoms with E-state index in [2.05, 4.69) is 6.92 Å². The minimum Gasteiger partial charge on any atom is -0.396 e. The van der Waals surface area contributed by atoms with Gasteiger partial charge in [0, 0.05) is 16.2 Å². The van der Waals surface area contributed by atoms with Gasteiger partial charge in [0.05, 0.1) is 5.56 Å². The third-order valence-corrected chi connectivity index (χ3v) is 5.47. The number of alkyl halides is 3. The molecule has 0 amide bonds. The molecule has 22 heavy (non-hydrogen) atoms. The van der Waals surface area contributed by atoms with Gasteiger partial charge in [-0.1, -0.05) is 25.8 Å². The number of thiophene rings is 1. The van der Waals surface area contributed by atoms with Crippen LogP contribution in [0.1, 0.15) is 54.5 Å². The Kier molecular flexibility index (Phi) is 5.50. The second-order valence-electron chi connectivity index (χ2n) is 5.65. The molecule has 0 spiro atoms. The Morgan fingerprint density at radius 1 is 1.23 bits per heavy atom. The van der Waals surface area contributed by atoms with Crippen LogP contribution in [-0.2, 0) is 6.18 Å². The summed E-state index contributed by atoms with van der Waals surface area (Å²) in [6, 6.07) is 3.97. The van der Waals surface area contributed by atoms with E-state index >= 15 is 0 Å². The van der Waals surface area contributed by atoms with Gasteiger partial charge in [-0.2, -0.15) is 13.2 Å². The van der Waals surface area contributed by atoms with Crippen LogP contribution in [0.4, 0.5) is 13.2 Å². The zero-order valence-corrected chi connectivity index (χ0v) is 13.7. The quantitative estimate of drug-likeness (QED) is 0.700. The molecule has 122 valence electrons. The molecule has 1 atom stereocenters. The molecular weight excluding hydrogens is 309 g/mol. The highest BCUT2D eigenvalue weighted by Gasteiger charge is 2.31. The number of unbranched alkanes of at least 4 members (excludes halogenated alkanes) is 1. The second-order valence-corrected chi connectivity index (χ2v) is 6.74. The molecule has 0 saturated heterocycles. The van der Waals surface area contributed by atoms with Gasteiger partial charge in [0.25, 0.3) is 0 Å². The number of hydrogen-bond donors (Lipinski definition) is 1. The van der Waals surface area contributed by atoms with Crippen LogP contribution in [0.25, 0.3) is 10.1 Å². The highest BCUT2D eigenvalue weighted by Crippen LogP contribution is 2.41. The molecule has 5 heteroatoms. The minimum atomic E-state index is -4.31. The Balaban J connectivity index is 2.43. The summed E-state index contributed by atoms with van der Waals surface area (Å²) >= 11 is 1.44. The smallest absolute Gasteiger partial charge is 0.396 e. The molecule has 1 heterocycles. The average molecular weight is 330 g/mol. The molecule has 1 nitrogen and oxygen atoms in total. The maximum atomic E-state index is 12.8. The van der Waals surface area contributed by atoms with E-state index in [1.54, 1.807) is 6.07 Å². The molecule has 0 unspecified atom stereocenters. The van der Waals surface area contributed by atoms with E-state index in [0.29, 0.717) is 11.1 Å². The van der Waals surface area contributed by atoms with Crippen LogP contribution in [-0.4, -0.2) is 11.7 Å². The van der Waals surface area contributed by atoms with Gasteiger partial charge in [-0.15, -0.1) is 11.3 Å². The van der Waals surface area contributed by atoms with Gasteiger partial charge in [0.2, 0.25) is 0 Å². The predicted octanol–water partition coefficient (Wildman–Crippen LogP) is 5.88. The molecule has 2 rings (SSSR count). The number of aryl methyl sites for hydroxylation is 1. The maximum absolute atomic E-state index is 12.8. The van der Waals surface area contributed by atoms with Crippen LogP contribution in [0.2, 0.25) is 0 Å². The second kappa shape index (κ2) is 7.01. The van der Waals surface area contributed by atoms with E-state index < -0.39 is 11.7 Å². The van der Waals surface area contributed by atoms with Crippen molar-refractivity contribution in [1.29, 1.82) is 0 Å². The van der Waals surface area contributed by atoms with E-state index in [-0.39, 0.29) is 12.5 Å². The molecule has 1 N–H and O–H groups in total. The minimum absolute atomic E-state index is 0.107. The summed E-state index contributed by atoms with van der Waals surface area (Å²) in [6.07, 6.45) is -0.536. The van der Waals surface area contributed by atoms with Crippen molar-refractivity contribution in [3.05, 3.63) is 34.2 Å². The third-order valence-electron chi connectivity index (χ3n) is 4.06. The molecule has 2 aromatic rings. The van der Waals surface area contributed by atoms with Crippen molar-refractivity contribution >= 4 is 21.4 Å². The first-order valence-electron chi connectivity index (χ1n) is 7.59. The van der Waals surface area contributed by atoms with Gasteiger partial charge < -0.3 is 5.11 Å². The summed E-state index contributed by atoms with van der Waals surface area (Å²) in [4.78, 5) is 1.12.